The number of hydrogen-bond acceptors (Lipinski definition) is 8. The molecule has 1 spiro atoms. The number of para-hydroxylation sites is 1. The van der Waals surface area contributed by atoms with Gasteiger partial charge in [-0.2, -0.15) is 0 Å². The summed E-state index contributed by atoms with van der Waals surface area (Å²) < 4.78 is 15.9. The van der Waals surface area contributed by atoms with E-state index in [0.717, 1.165) is 21.8 Å². The molecule has 0 N–H and O–H groups in total. The Bertz CT molecular complexity index is 1310. The molecule has 1 aromatic carbocycles. The summed E-state index contributed by atoms with van der Waals surface area (Å²) in [5.74, 6) is 0.764. The van der Waals surface area contributed by atoms with E-state index < -0.39 is 11.5 Å². The fourth-order valence-electron chi connectivity index (χ4n) is 5.17. The van der Waals surface area contributed by atoms with E-state index in [9.17, 15) is 14.4 Å². The summed E-state index contributed by atoms with van der Waals surface area (Å²) in [6, 6.07) is 7.70. The lowest BCUT2D eigenvalue weighted by molar-refractivity contribution is -0.128. The molecule has 0 radical (unpaired) electrons. The van der Waals surface area contributed by atoms with Crippen molar-refractivity contribution in [1.82, 2.24) is 9.88 Å². The van der Waals surface area contributed by atoms with Gasteiger partial charge in [-0.15, -0.1) is 11.3 Å². The van der Waals surface area contributed by atoms with Crippen LogP contribution in [0.4, 0.5) is 9.80 Å². The summed E-state index contributed by atoms with van der Waals surface area (Å²) in [4.78, 5) is 48.5. The molecule has 0 saturated carbocycles. The highest BCUT2D eigenvalue weighted by molar-refractivity contribution is 7.20. The third-order valence-electron chi connectivity index (χ3n) is 7.16. The summed E-state index contributed by atoms with van der Waals surface area (Å²) in [6.45, 7) is 2.80. The molecule has 0 atom stereocenters. The van der Waals surface area contributed by atoms with Gasteiger partial charge in [0.15, 0.2) is 5.78 Å². The number of benzene rings is 1. The first-order valence-electron chi connectivity index (χ1n) is 11.8. The number of fused-ring (bicyclic) bond motifs is 1. The highest BCUT2D eigenvalue weighted by atomic mass is 32.1. The van der Waals surface area contributed by atoms with E-state index in [-0.39, 0.29) is 37.6 Å². The van der Waals surface area contributed by atoms with E-state index in [2.05, 4.69) is 4.98 Å². The van der Waals surface area contributed by atoms with Gasteiger partial charge < -0.3 is 23.7 Å². The maximum Gasteiger partial charge on any atom is 0.409 e. The molecule has 0 bridgehead atoms. The lowest BCUT2D eigenvalue weighted by Gasteiger charge is -2.44. The molecule has 1 fully saturated rings. The van der Waals surface area contributed by atoms with Crippen molar-refractivity contribution in [1.29, 1.82) is 0 Å². The van der Waals surface area contributed by atoms with E-state index in [1.54, 1.807) is 23.1 Å². The molecule has 3 aromatic rings. The molecule has 4 heterocycles. The Hall–Kier alpha value is -3.66. The van der Waals surface area contributed by atoms with Crippen LogP contribution in [0, 0.1) is 12.3 Å². The molecule has 2 amide bonds. The normalized spacial score (nSPS) is 16.9. The van der Waals surface area contributed by atoms with Crippen LogP contribution in [0.15, 0.2) is 41.1 Å². The van der Waals surface area contributed by atoms with Crippen LogP contribution in [0.25, 0.3) is 10.8 Å². The molecular weight excluding hydrogens is 482 g/mol. The Kier molecular flexibility index (Phi) is 6.29. The zero-order chi connectivity index (χ0) is 25.4. The summed E-state index contributed by atoms with van der Waals surface area (Å²) in [6.07, 6.45) is 3.64. The second-order valence-corrected chi connectivity index (χ2v) is 9.96. The topological polar surface area (TPSA) is 102 Å². The first-order valence-corrected chi connectivity index (χ1v) is 12.6. The van der Waals surface area contributed by atoms with Gasteiger partial charge in [0.05, 0.1) is 30.9 Å². The zero-order valence-electron chi connectivity index (χ0n) is 20.4. The first kappa shape index (κ1) is 24.1. The number of aromatic nitrogens is 1. The number of anilines is 1. The lowest BCUT2D eigenvalue weighted by atomic mass is 9.69. The van der Waals surface area contributed by atoms with Crippen LogP contribution in [0.5, 0.6) is 5.75 Å². The Balaban J connectivity index is 1.55. The number of rotatable bonds is 5. The maximum atomic E-state index is 14.1. The van der Waals surface area contributed by atoms with Crippen LogP contribution in [-0.4, -0.2) is 61.5 Å². The maximum absolute atomic E-state index is 14.1. The van der Waals surface area contributed by atoms with Crippen LogP contribution < -0.4 is 9.64 Å². The molecule has 9 nitrogen and oxygen atoms in total. The number of ketones is 1. The Morgan fingerprint density at radius 2 is 1.94 bits per heavy atom. The number of ether oxygens (including phenoxy) is 2. The van der Waals surface area contributed by atoms with Gasteiger partial charge in [0.2, 0.25) is 11.8 Å². The van der Waals surface area contributed by atoms with Gasteiger partial charge >= 0.3 is 6.09 Å². The van der Waals surface area contributed by atoms with Gasteiger partial charge in [-0.3, -0.25) is 9.59 Å². The molecule has 0 unspecified atom stereocenters. The van der Waals surface area contributed by atoms with Crippen LogP contribution in [-0.2, 0) is 16.0 Å². The minimum atomic E-state index is -1.22. The highest BCUT2D eigenvalue weighted by Crippen LogP contribution is 2.51. The fourth-order valence-corrected chi connectivity index (χ4v) is 6.44. The fraction of sp³-hybridized carbons (Fsp3) is 0.385. The predicted molar refractivity (Wildman–Crippen MR) is 134 cm³/mol. The minimum absolute atomic E-state index is 0.188. The number of piperidine rings is 1. The number of thiophene rings is 1. The number of carbonyl (C=O) groups is 3. The van der Waals surface area contributed by atoms with Gasteiger partial charge in [-0.05, 0) is 43.4 Å². The quantitative estimate of drug-likeness (QED) is 0.472. The third kappa shape index (κ3) is 3.76. The summed E-state index contributed by atoms with van der Waals surface area (Å²) in [5, 5.41) is 0.617. The molecule has 10 heteroatoms. The summed E-state index contributed by atoms with van der Waals surface area (Å²) in [5.41, 5.74) is 1.05. The first-order chi connectivity index (χ1) is 17.4. The minimum Gasteiger partial charge on any atom is -0.496 e. The highest BCUT2D eigenvalue weighted by Gasteiger charge is 2.55. The molecule has 2 aliphatic rings. The molecule has 1 saturated heterocycles. The molecule has 188 valence electrons. The smallest absolute Gasteiger partial charge is 0.409 e. The number of hydrogen-bond donors (Lipinski definition) is 0. The average Bonchev–Trinajstić information content (AvgIpc) is 3.55. The Morgan fingerprint density at radius 3 is 2.61 bits per heavy atom. The van der Waals surface area contributed by atoms with Crippen LogP contribution in [0.1, 0.15) is 34.3 Å². The van der Waals surface area contributed by atoms with Gasteiger partial charge in [-0.25, -0.2) is 9.78 Å². The number of likely N-dealkylation sites (tertiary alicyclic amines) is 1. The van der Waals surface area contributed by atoms with Crippen LogP contribution in [0.2, 0.25) is 0 Å². The largest absolute Gasteiger partial charge is 0.496 e. The number of nitrogens with zero attached hydrogens (tertiary/aromatic N) is 3. The van der Waals surface area contributed by atoms with Crippen LogP contribution >= 0.6 is 11.3 Å². The zero-order valence-corrected chi connectivity index (χ0v) is 21.2. The third-order valence-corrected chi connectivity index (χ3v) is 8.47. The number of methoxy groups -OCH3 is 2. The summed E-state index contributed by atoms with van der Waals surface area (Å²) in [7, 11) is 2.95. The number of Topliss-reactive ketones (excluding diaryl/α,β-unsaturated/α-hetero) is 1. The molecule has 2 aromatic heterocycles. The monoisotopic (exact) mass is 509 g/mol. The van der Waals surface area contributed by atoms with Crippen molar-refractivity contribution >= 4 is 34.1 Å². The molecule has 36 heavy (non-hydrogen) atoms. The second kappa shape index (κ2) is 9.42. The van der Waals surface area contributed by atoms with E-state index in [1.807, 2.05) is 31.2 Å². The van der Waals surface area contributed by atoms with Gasteiger partial charge in [-0.1, -0.05) is 18.2 Å². The Morgan fingerprint density at radius 1 is 1.19 bits per heavy atom. The van der Waals surface area contributed by atoms with Gasteiger partial charge in [0.25, 0.3) is 0 Å². The second-order valence-electron chi connectivity index (χ2n) is 8.96. The van der Waals surface area contributed by atoms with Crippen molar-refractivity contribution in [2.24, 2.45) is 5.41 Å². The van der Waals surface area contributed by atoms with E-state index in [4.69, 9.17) is 13.9 Å². The van der Waals surface area contributed by atoms with Crippen molar-refractivity contribution in [3.05, 3.63) is 53.4 Å². The van der Waals surface area contributed by atoms with Crippen molar-refractivity contribution in [3.8, 4) is 16.5 Å². The van der Waals surface area contributed by atoms with Crippen molar-refractivity contribution in [2.75, 3.05) is 38.8 Å². The SMILES string of the molecule is COC(=O)N1CCC2(CC1)C(=O)c1c(sc(-c3ncco3)c1C)N(CCc1ccccc1OC)C2=O. The molecular formula is C26H27N3O6S. The van der Waals surface area contributed by atoms with Gasteiger partial charge in [0, 0.05) is 19.6 Å². The van der Waals surface area contributed by atoms with Crippen LogP contribution in [0.3, 0.4) is 0 Å². The molecule has 0 aliphatic carbocycles. The van der Waals surface area contributed by atoms with E-state index in [0.29, 0.717) is 29.4 Å². The number of carbonyl (C=O) groups excluding carboxylic acids is 3. The van der Waals surface area contributed by atoms with E-state index >= 15 is 0 Å². The average molecular weight is 510 g/mol. The van der Waals surface area contributed by atoms with Crippen molar-refractivity contribution in [3.63, 3.8) is 0 Å². The standard InChI is InChI=1S/C26H27N3O6S/c1-16-19-21(30)26(9-13-28(14-10-26)25(32)34-3)24(31)29(12-8-17-6-4-5-7-18(17)33-2)23(19)36-20(16)22-27-11-15-35-22/h4-7,11,15H,8-10,12-14H2,1-3H3. The molecule has 2 aliphatic heterocycles. The summed E-state index contributed by atoms with van der Waals surface area (Å²) >= 11 is 1.35. The van der Waals surface area contributed by atoms with Gasteiger partial charge in [0.1, 0.15) is 22.4 Å². The van der Waals surface area contributed by atoms with Crippen molar-refractivity contribution in [2.45, 2.75) is 26.2 Å². The lowest BCUT2D eigenvalue weighted by Crippen LogP contribution is -2.58. The molecule has 5 rings (SSSR count). The number of amides is 2. The van der Waals surface area contributed by atoms with Crippen molar-refractivity contribution < 1.29 is 28.3 Å². The predicted octanol–water partition coefficient (Wildman–Crippen LogP) is 4.34. The Labute approximate surface area is 212 Å². The van der Waals surface area contributed by atoms with E-state index in [1.165, 1.54) is 24.7 Å². The number of oxazole rings is 1.